The van der Waals surface area contributed by atoms with Gasteiger partial charge in [0, 0.05) is 22.2 Å². The summed E-state index contributed by atoms with van der Waals surface area (Å²) in [5.41, 5.74) is 2.02. The summed E-state index contributed by atoms with van der Waals surface area (Å²) in [7, 11) is 4.05. The van der Waals surface area contributed by atoms with Crippen LogP contribution in [0, 0.1) is 0 Å². The zero-order valence-corrected chi connectivity index (χ0v) is 15.0. The quantitative estimate of drug-likeness (QED) is 0.712. The molecule has 0 aromatic heterocycles. The second-order valence-corrected chi connectivity index (χ2v) is 5.97. The van der Waals surface area contributed by atoms with Crippen LogP contribution in [0.2, 0.25) is 10.0 Å². The Morgan fingerprint density at radius 2 is 1.64 bits per heavy atom. The molecule has 2 aromatic rings. The van der Waals surface area contributed by atoms with Crippen LogP contribution in [0.4, 0.5) is 0 Å². The maximum absolute atomic E-state index is 6.33. The summed E-state index contributed by atoms with van der Waals surface area (Å²) < 4.78 is 6.08. The highest BCUT2D eigenvalue weighted by atomic mass is 35.5. The van der Waals surface area contributed by atoms with Gasteiger partial charge in [0.15, 0.2) is 0 Å². The minimum absolute atomic E-state index is 0. The smallest absolute Gasteiger partial charge is 0.109 e. The molecule has 0 aliphatic carbocycles. The molecule has 0 radical (unpaired) electrons. The van der Waals surface area contributed by atoms with Crippen molar-refractivity contribution in [3.63, 3.8) is 0 Å². The Bertz CT molecular complexity index is 572. The lowest BCUT2D eigenvalue weighted by atomic mass is 10.0. The molecule has 1 atom stereocenters. The molecule has 2 rings (SSSR count). The van der Waals surface area contributed by atoms with Crippen LogP contribution >= 0.6 is 35.6 Å². The predicted molar refractivity (Wildman–Crippen MR) is 96.5 cm³/mol. The van der Waals surface area contributed by atoms with Crippen molar-refractivity contribution < 1.29 is 4.74 Å². The van der Waals surface area contributed by atoms with Gasteiger partial charge in [0.2, 0.25) is 0 Å². The number of halogens is 3. The van der Waals surface area contributed by atoms with Gasteiger partial charge in [-0.1, -0.05) is 53.5 Å². The van der Waals surface area contributed by atoms with Crippen molar-refractivity contribution >= 4 is 35.6 Å². The molecule has 22 heavy (non-hydrogen) atoms. The molecular weight excluding hydrogens is 341 g/mol. The van der Waals surface area contributed by atoms with E-state index in [0.29, 0.717) is 16.7 Å². The van der Waals surface area contributed by atoms with Gasteiger partial charge in [0.1, 0.15) is 6.10 Å². The molecule has 0 heterocycles. The number of nitrogens with zero attached hydrogens (tertiary/aromatic N) is 1. The summed E-state index contributed by atoms with van der Waals surface area (Å²) >= 11 is 12.3. The molecule has 0 fully saturated rings. The largest absolute Gasteiger partial charge is 0.367 e. The van der Waals surface area contributed by atoms with E-state index in [2.05, 4.69) is 4.90 Å². The van der Waals surface area contributed by atoms with E-state index in [-0.39, 0.29) is 18.5 Å². The summed E-state index contributed by atoms with van der Waals surface area (Å²) in [6, 6.07) is 15.5. The Morgan fingerprint density at radius 3 is 2.23 bits per heavy atom. The Balaban J connectivity index is 0.00000242. The molecule has 0 saturated carbocycles. The Morgan fingerprint density at radius 1 is 1.00 bits per heavy atom. The van der Waals surface area contributed by atoms with Crippen LogP contribution in [-0.2, 0) is 4.74 Å². The monoisotopic (exact) mass is 359 g/mol. The summed E-state index contributed by atoms with van der Waals surface area (Å²) in [6.45, 7) is 1.49. The predicted octanol–water partition coefficient (Wildman–Crippen LogP) is 5.08. The van der Waals surface area contributed by atoms with Gasteiger partial charge in [-0.3, -0.25) is 0 Å². The maximum Gasteiger partial charge on any atom is 0.109 e. The number of ether oxygens (including phenoxy) is 1. The molecule has 120 valence electrons. The molecule has 5 heteroatoms. The first kappa shape index (κ1) is 19.3. The van der Waals surface area contributed by atoms with Crippen LogP contribution in [-0.4, -0.2) is 32.1 Å². The van der Waals surface area contributed by atoms with Crippen molar-refractivity contribution in [3.8, 4) is 0 Å². The number of hydrogen-bond acceptors (Lipinski definition) is 2. The minimum atomic E-state index is -0.184. The molecule has 0 saturated heterocycles. The molecule has 0 aliphatic rings. The van der Waals surface area contributed by atoms with Crippen LogP contribution in [0.15, 0.2) is 48.5 Å². The number of hydrogen-bond donors (Lipinski definition) is 0. The van der Waals surface area contributed by atoms with Crippen LogP contribution in [0.3, 0.4) is 0 Å². The average molecular weight is 361 g/mol. The molecule has 0 spiro atoms. The minimum Gasteiger partial charge on any atom is -0.367 e. The van der Waals surface area contributed by atoms with E-state index in [1.807, 2.05) is 62.6 Å². The summed E-state index contributed by atoms with van der Waals surface area (Å²) in [5.74, 6) is 0. The van der Waals surface area contributed by atoms with Crippen LogP contribution in [0.25, 0.3) is 0 Å². The number of benzene rings is 2. The third-order valence-electron chi connectivity index (χ3n) is 3.18. The van der Waals surface area contributed by atoms with Gasteiger partial charge in [0.25, 0.3) is 0 Å². The Labute approximate surface area is 148 Å². The van der Waals surface area contributed by atoms with E-state index in [1.54, 1.807) is 0 Å². The molecule has 2 nitrogen and oxygen atoms in total. The van der Waals surface area contributed by atoms with E-state index in [1.165, 1.54) is 0 Å². The Kier molecular flexibility index (Phi) is 8.23. The number of rotatable bonds is 6. The van der Waals surface area contributed by atoms with E-state index in [0.717, 1.165) is 17.7 Å². The van der Waals surface area contributed by atoms with Crippen LogP contribution in [0.1, 0.15) is 17.2 Å². The fourth-order valence-electron chi connectivity index (χ4n) is 2.04. The average Bonchev–Trinajstić information content (AvgIpc) is 2.46. The van der Waals surface area contributed by atoms with E-state index in [4.69, 9.17) is 27.9 Å². The normalized spacial score (nSPS) is 12.0. The zero-order chi connectivity index (χ0) is 15.2. The van der Waals surface area contributed by atoms with Crippen molar-refractivity contribution in [3.05, 3.63) is 69.7 Å². The SMILES string of the molecule is CN(C)CCOC(c1ccc(Cl)cc1)c1ccccc1Cl.Cl. The topological polar surface area (TPSA) is 12.5 Å². The van der Waals surface area contributed by atoms with Crippen LogP contribution < -0.4 is 0 Å². The lowest BCUT2D eigenvalue weighted by molar-refractivity contribution is 0.0688. The third-order valence-corrected chi connectivity index (χ3v) is 3.78. The van der Waals surface area contributed by atoms with Gasteiger partial charge >= 0.3 is 0 Å². The van der Waals surface area contributed by atoms with Crippen molar-refractivity contribution in [2.75, 3.05) is 27.2 Å². The lowest BCUT2D eigenvalue weighted by Gasteiger charge is -2.21. The van der Waals surface area contributed by atoms with Crippen molar-refractivity contribution in [1.82, 2.24) is 4.90 Å². The fraction of sp³-hybridized carbons (Fsp3) is 0.294. The van der Waals surface area contributed by atoms with E-state index < -0.39 is 0 Å². The van der Waals surface area contributed by atoms with Gasteiger partial charge < -0.3 is 9.64 Å². The fourth-order valence-corrected chi connectivity index (χ4v) is 2.40. The van der Waals surface area contributed by atoms with Crippen molar-refractivity contribution in [1.29, 1.82) is 0 Å². The molecule has 2 aromatic carbocycles. The highest BCUT2D eigenvalue weighted by molar-refractivity contribution is 6.31. The molecule has 0 amide bonds. The first-order valence-corrected chi connectivity index (χ1v) is 7.59. The van der Waals surface area contributed by atoms with Gasteiger partial charge in [-0.2, -0.15) is 0 Å². The van der Waals surface area contributed by atoms with Gasteiger partial charge in [-0.15, -0.1) is 12.4 Å². The number of likely N-dealkylation sites (N-methyl/N-ethyl adjacent to an activating group) is 1. The summed E-state index contributed by atoms with van der Waals surface area (Å²) in [5, 5.41) is 1.42. The van der Waals surface area contributed by atoms with Gasteiger partial charge in [-0.05, 0) is 37.9 Å². The standard InChI is InChI=1S/C17H19Cl2NO.ClH/c1-20(2)11-12-21-17(13-7-9-14(18)10-8-13)15-5-3-4-6-16(15)19;/h3-10,17H,11-12H2,1-2H3;1H. The second-order valence-electron chi connectivity index (χ2n) is 5.13. The highest BCUT2D eigenvalue weighted by Crippen LogP contribution is 2.31. The first-order chi connectivity index (χ1) is 10.1. The summed E-state index contributed by atoms with van der Waals surface area (Å²) in [6.07, 6.45) is -0.184. The second kappa shape index (κ2) is 9.39. The van der Waals surface area contributed by atoms with Gasteiger partial charge in [-0.25, -0.2) is 0 Å². The van der Waals surface area contributed by atoms with Crippen molar-refractivity contribution in [2.24, 2.45) is 0 Å². The zero-order valence-electron chi connectivity index (χ0n) is 12.6. The third kappa shape index (κ3) is 5.45. The lowest BCUT2D eigenvalue weighted by Crippen LogP contribution is -2.20. The molecule has 0 aliphatic heterocycles. The first-order valence-electron chi connectivity index (χ1n) is 6.84. The summed E-state index contributed by atoms with van der Waals surface area (Å²) in [4.78, 5) is 2.09. The van der Waals surface area contributed by atoms with E-state index in [9.17, 15) is 0 Å². The maximum atomic E-state index is 6.33. The highest BCUT2D eigenvalue weighted by Gasteiger charge is 2.17. The van der Waals surface area contributed by atoms with Crippen molar-refractivity contribution in [2.45, 2.75) is 6.10 Å². The molecule has 0 bridgehead atoms. The van der Waals surface area contributed by atoms with Gasteiger partial charge in [0.05, 0.1) is 6.61 Å². The Hall–Kier alpha value is -0.770. The van der Waals surface area contributed by atoms with Crippen LogP contribution in [0.5, 0.6) is 0 Å². The molecule has 1 unspecified atom stereocenters. The van der Waals surface area contributed by atoms with E-state index >= 15 is 0 Å². The molecular formula is C17H20Cl3NO. The molecule has 0 N–H and O–H groups in total.